The van der Waals surface area contributed by atoms with E-state index in [1.54, 1.807) is 0 Å². The van der Waals surface area contributed by atoms with E-state index in [0.29, 0.717) is 48.6 Å². The van der Waals surface area contributed by atoms with Crippen LogP contribution >= 0.6 is 0 Å². The van der Waals surface area contributed by atoms with Crippen molar-refractivity contribution in [2.24, 2.45) is 29.1 Å². The number of carbonyl (C=O) groups is 3. The molecule has 4 rings (SSSR count). The van der Waals surface area contributed by atoms with Crippen LogP contribution in [0.3, 0.4) is 0 Å². The van der Waals surface area contributed by atoms with Gasteiger partial charge in [-0.05, 0) is 49.9 Å². The minimum atomic E-state index is -0.269. The van der Waals surface area contributed by atoms with Crippen molar-refractivity contribution in [3.63, 3.8) is 0 Å². The van der Waals surface area contributed by atoms with Gasteiger partial charge in [0, 0.05) is 30.6 Å². The number of ketones is 2. The molecule has 0 aromatic carbocycles. The summed E-state index contributed by atoms with van der Waals surface area (Å²) in [6.45, 7) is 2.11. The third-order valence-electron chi connectivity index (χ3n) is 7.13. The minimum absolute atomic E-state index is 0.0215. The molecule has 118 valence electrons. The van der Waals surface area contributed by atoms with Gasteiger partial charge in [0.05, 0.1) is 0 Å². The fraction of sp³-hybridized carbons (Fsp3) is 0.737. The van der Waals surface area contributed by atoms with Crippen LogP contribution < -0.4 is 0 Å². The second-order valence-corrected chi connectivity index (χ2v) is 8.06. The van der Waals surface area contributed by atoms with E-state index in [-0.39, 0.29) is 11.3 Å². The molecule has 22 heavy (non-hydrogen) atoms. The molecule has 2 fully saturated rings. The fourth-order valence-corrected chi connectivity index (χ4v) is 6.15. The largest absolute Gasteiger partial charge is 0.303 e. The highest BCUT2D eigenvalue weighted by Crippen LogP contribution is 2.61. The number of Topliss-reactive ketones (excluding diaryl/α,β-unsaturated/α-hetero) is 2. The number of fused-ring (bicyclic) bond motifs is 4. The zero-order valence-electron chi connectivity index (χ0n) is 13.3. The molecule has 0 aromatic rings. The van der Waals surface area contributed by atoms with Gasteiger partial charge in [0.2, 0.25) is 0 Å². The third kappa shape index (κ3) is 1.83. The first kappa shape index (κ1) is 14.3. The lowest BCUT2D eigenvalue weighted by atomic mass is 9.51. The van der Waals surface area contributed by atoms with Gasteiger partial charge in [-0.2, -0.15) is 0 Å². The Morgan fingerprint density at radius 1 is 1.09 bits per heavy atom. The smallest absolute Gasteiger partial charge is 0.139 e. The normalized spacial score (nSPS) is 44.4. The van der Waals surface area contributed by atoms with Gasteiger partial charge >= 0.3 is 0 Å². The van der Waals surface area contributed by atoms with Crippen molar-refractivity contribution >= 4 is 17.9 Å². The van der Waals surface area contributed by atoms with Crippen molar-refractivity contribution in [1.29, 1.82) is 0 Å². The first-order chi connectivity index (χ1) is 10.5. The molecule has 0 bridgehead atoms. The maximum atomic E-state index is 12.4. The van der Waals surface area contributed by atoms with Gasteiger partial charge in [0.1, 0.15) is 17.9 Å². The first-order valence-corrected chi connectivity index (χ1v) is 8.75. The second kappa shape index (κ2) is 4.87. The highest BCUT2D eigenvalue weighted by atomic mass is 16.1. The molecule has 0 N–H and O–H groups in total. The Balaban J connectivity index is 1.75. The van der Waals surface area contributed by atoms with Crippen molar-refractivity contribution in [3.05, 3.63) is 11.1 Å². The molecule has 0 heterocycles. The van der Waals surface area contributed by atoms with Gasteiger partial charge in [0.25, 0.3) is 0 Å². The maximum absolute atomic E-state index is 12.4. The number of hydrogen-bond acceptors (Lipinski definition) is 3. The Morgan fingerprint density at radius 2 is 1.91 bits per heavy atom. The molecule has 0 radical (unpaired) electrons. The lowest BCUT2D eigenvalue weighted by Gasteiger charge is -2.52. The highest BCUT2D eigenvalue weighted by Gasteiger charge is 2.58. The summed E-state index contributed by atoms with van der Waals surface area (Å²) in [7, 11) is 0. The van der Waals surface area contributed by atoms with Crippen LogP contribution in [0, 0.1) is 29.1 Å². The zero-order chi connectivity index (χ0) is 15.5. The molecule has 3 nitrogen and oxygen atoms in total. The van der Waals surface area contributed by atoms with Crippen LogP contribution in [0.5, 0.6) is 0 Å². The number of carbonyl (C=O) groups excluding carboxylic acids is 3. The van der Waals surface area contributed by atoms with E-state index in [2.05, 4.69) is 6.92 Å². The predicted octanol–water partition coefficient (Wildman–Crippen LogP) is 3.27. The monoisotopic (exact) mass is 300 g/mol. The van der Waals surface area contributed by atoms with Crippen molar-refractivity contribution in [2.45, 2.75) is 58.3 Å². The molecule has 0 amide bonds. The van der Waals surface area contributed by atoms with Gasteiger partial charge < -0.3 is 4.79 Å². The van der Waals surface area contributed by atoms with Crippen LogP contribution in [-0.4, -0.2) is 17.9 Å². The lowest BCUT2D eigenvalue weighted by Crippen LogP contribution is -2.49. The van der Waals surface area contributed by atoms with E-state index < -0.39 is 0 Å². The summed E-state index contributed by atoms with van der Waals surface area (Å²) in [5.74, 6) is 1.96. The molecule has 4 aliphatic rings. The van der Waals surface area contributed by atoms with Crippen molar-refractivity contribution in [3.8, 4) is 0 Å². The molecule has 5 atom stereocenters. The summed E-state index contributed by atoms with van der Waals surface area (Å²) in [6, 6.07) is 0. The van der Waals surface area contributed by atoms with Crippen molar-refractivity contribution in [2.75, 3.05) is 0 Å². The highest BCUT2D eigenvalue weighted by molar-refractivity contribution is 5.88. The third-order valence-corrected chi connectivity index (χ3v) is 7.13. The average Bonchev–Trinajstić information content (AvgIpc) is 2.81. The van der Waals surface area contributed by atoms with Gasteiger partial charge in [-0.3, -0.25) is 9.59 Å². The lowest BCUT2D eigenvalue weighted by molar-refractivity contribution is -0.134. The predicted molar refractivity (Wildman–Crippen MR) is 82.1 cm³/mol. The van der Waals surface area contributed by atoms with E-state index in [1.165, 1.54) is 11.1 Å². The van der Waals surface area contributed by atoms with E-state index >= 15 is 0 Å². The summed E-state index contributed by atoms with van der Waals surface area (Å²) < 4.78 is 0. The van der Waals surface area contributed by atoms with Crippen LogP contribution in [-0.2, 0) is 14.4 Å². The summed E-state index contributed by atoms with van der Waals surface area (Å²) in [5.41, 5.74) is 2.49. The summed E-state index contributed by atoms with van der Waals surface area (Å²) in [5, 5.41) is 0. The molecule has 4 aliphatic carbocycles. The first-order valence-electron chi connectivity index (χ1n) is 8.75. The Kier molecular flexibility index (Phi) is 3.18. The van der Waals surface area contributed by atoms with Crippen LogP contribution in [0.1, 0.15) is 58.3 Å². The molecule has 3 heteroatoms. The van der Waals surface area contributed by atoms with Crippen molar-refractivity contribution < 1.29 is 14.4 Å². The number of allylic oxidation sites excluding steroid dienone is 2. The van der Waals surface area contributed by atoms with Gasteiger partial charge in [-0.25, -0.2) is 0 Å². The van der Waals surface area contributed by atoms with Crippen molar-refractivity contribution in [1.82, 2.24) is 0 Å². The standard InChI is InChI=1S/C19H24O3/c1-19-9-12(10-20)18-14-5-3-13(21)8-11(14)2-4-15(18)16(19)6-7-17(19)22/h10,12,15-16,18H,2-9H2,1H3/t12-,15?,16?,18?,19+/m1/s1. The Morgan fingerprint density at radius 3 is 2.68 bits per heavy atom. The van der Waals surface area contributed by atoms with Crippen LogP contribution in [0.25, 0.3) is 0 Å². The zero-order valence-corrected chi connectivity index (χ0v) is 13.3. The molecule has 0 aliphatic heterocycles. The van der Waals surface area contributed by atoms with E-state index in [9.17, 15) is 14.4 Å². The number of rotatable bonds is 1. The van der Waals surface area contributed by atoms with Gasteiger partial charge in [-0.1, -0.05) is 18.1 Å². The average molecular weight is 300 g/mol. The second-order valence-electron chi connectivity index (χ2n) is 8.06. The molecule has 0 spiro atoms. The van der Waals surface area contributed by atoms with E-state index in [0.717, 1.165) is 38.4 Å². The molecule has 2 saturated carbocycles. The minimum Gasteiger partial charge on any atom is -0.303 e. The van der Waals surface area contributed by atoms with Gasteiger partial charge in [-0.15, -0.1) is 0 Å². The summed E-state index contributed by atoms with van der Waals surface area (Å²) in [6.07, 6.45) is 7.73. The SMILES string of the molecule is C[C@]12C[C@H](C=O)C3C4=C(CCC3C1CCC2=O)CC(=O)CC4. The summed E-state index contributed by atoms with van der Waals surface area (Å²) >= 11 is 0. The number of aldehydes is 1. The molecule has 0 aromatic heterocycles. The van der Waals surface area contributed by atoms with E-state index in [1.807, 2.05) is 0 Å². The van der Waals surface area contributed by atoms with Crippen LogP contribution in [0.4, 0.5) is 0 Å². The molecular formula is C19H24O3. The Bertz CT molecular complexity index is 587. The topological polar surface area (TPSA) is 51.2 Å². The Hall–Kier alpha value is -1.25. The van der Waals surface area contributed by atoms with Crippen LogP contribution in [0.2, 0.25) is 0 Å². The quantitative estimate of drug-likeness (QED) is 0.551. The van der Waals surface area contributed by atoms with Crippen LogP contribution in [0.15, 0.2) is 11.1 Å². The Labute approximate surface area is 131 Å². The molecule has 3 unspecified atom stereocenters. The summed E-state index contributed by atoms with van der Waals surface area (Å²) in [4.78, 5) is 36.0. The van der Waals surface area contributed by atoms with E-state index in [4.69, 9.17) is 0 Å². The maximum Gasteiger partial charge on any atom is 0.139 e. The van der Waals surface area contributed by atoms with Gasteiger partial charge in [0.15, 0.2) is 0 Å². The number of hydrogen-bond donors (Lipinski definition) is 0. The molecule has 0 saturated heterocycles. The molecular weight excluding hydrogens is 276 g/mol. The fourth-order valence-electron chi connectivity index (χ4n) is 6.15.